The fourth-order valence-corrected chi connectivity index (χ4v) is 3.12. The summed E-state index contributed by atoms with van der Waals surface area (Å²) in [5.41, 5.74) is 1.36. The van der Waals surface area contributed by atoms with Crippen molar-refractivity contribution in [2.24, 2.45) is 5.92 Å². The monoisotopic (exact) mass is 317 g/mol. The molecule has 122 valence electrons. The lowest BCUT2D eigenvalue weighted by molar-refractivity contribution is 0.0806. The molecule has 0 saturated carbocycles. The molecule has 1 unspecified atom stereocenters. The molecule has 0 amide bonds. The number of Topliss-reactive ketones (excluding diaryl/α,β-unsaturated/α-hetero) is 1. The van der Waals surface area contributed by atoms with Crippen LogP contribution in [0.25, 0.3) is 0 Å². The standard InChI is InChI=1S/C17H20FN3O2/c1-23-16-5-4-13(18)9-15(16)17(22)12-3-2-8-21(10-12)11-14-6-7-19-20-14/h4-7,9,12H,2-3,8,10-11H2,1H3,(H,19,20). The highest BCUT2D eigenvalue weighted by molar-refractivity contribution is 6.00. The Morgan fingerprint density at radius 2 is 2.35 bits per heavy atom. The van der Waals surface area contributed by atoms with Crippen LogP contribution in [-0.4, -0.2) is 41.1 Å². The lowest BCUT2D eigenvalue weighted by Crippen LogP contribution is -2.38. The topological polar surface area (TPSA) is 58.2 Å². The molecule has 0 spiro atoms. The van der Waals surface area contributed by atoms with E-state index in [2.05, 4.69) is 15.1 Å². The number of hydrogen-bond acceptors (Lipinski definition) is 4. The van der Waals surface area contributed by atoms with Gasteiger partial charge in [0.1, 0.15) is 11.6 Å². The largest absolute Gasteiger partial charge is 0.496 e. The van der Waals surface area contributed by atoms with E-state index in [0.717, 1.165) is 31.6 Å². The third-order valence-corrected chi connectivity index (χ3v) is 4.26. The number of rotatable bonds is 5. The Labute approximate surface area is 134 Å². The van der Waals surface area contributed by atoms with Crippen molar-refractivity contribution >= 4 is 5.78 Å². The average molecular weight is 317 g/mol. The lowest BCUT2D eigenvalue weighted by Gasteiger charge is -2.31. The van der Waals surface area contributed by atoms with E-state index in [1.54, 1.807) is 6.20 Å². The maximum absolute atomic E-state index is 13.5. The number of nitrogens with zero attached hydrogens (tertiary/aromatic N) is 2. The van der Waals surface area contributed by atoms with Crippen LogP contribution in [0, 0.1) is 11.7 Å². The van der Waals surface area contributed by atoms with E-state index in [0.29, 0.717) is 17.9 Å². The molecule has 1 saturated heterocycles. The number of ether oxygens (including phenoxy) is 1. The van der Waals surface area contributed by atoms with Crippen molar-refractivity contribution in [1.29, 1.82) is 0 Å². The number of hydrogen-bond donors (Lipinski definition) is 1. The van der Waals surface area contributed by atoms with E-state index in [1.807, 2.05) is 6.07 Å². The number of nitrogens with one attached hydrogen (secondary N) is 1. The van der Waals surface area contributed by atoms with E-state index in [4.69, 9.17) is 4.74 Å². The van der Waals surface area contributed by atoms with Crippen molar-refractivity contribution in [1.82, 2.24) is 15.1 Å². The molecule has 0 aliphatic carbocycles. The highest BCUT2D eigenvalue weighted by Crippen LogP contribution is 2.27. The highest BCUT2D eigenvalue weighted by Gasteiger charge is 2.28. The number of halogens is 1. The molecule has 2 heterocycles. The number of benzene rings is 1. The zero-order valence-corrected chi connectivity index (χ0v) is 13.1. The SMILES string of the molecule is COc1ccc(F)cc1C(=O)C1CCCN(Cc2ccn[nH]2)C1. The van der Waals surface area contributed by atoms with Crippen LogP contribution in [0.15, 0.2) is 30.5 Å². The summed E-state index contributed by atoms with van der Waals surface area (Å²) >= 11 is 0. The summed E-state index contributed by atoms with van der Waals surface area (Å²) in [6.45, 7) is 2.35. The lowest BCUT2D eigenvalue weighted by atomic mass is 9.89. The molecule has 1 N–H and O–H groups in total. The Balaban J connectivity index is 1.73. The van der Waals surface area contributed by atoms with Gasteiger partial charge in [-0.1, -0.05) is 0 Å². The molecule has 23 heavy (non-hydrogen) atoms. The summed E-state index contributed by atoms with van der Waals surface area (Å²) in [5.74, 6) is -0.167. The van der Waals surface area contributed by atoms with Gasteiger partial charge in [-0.25, -0.2) is 4.39 Å². The van der Waals surface area contributed by atoms with Gasteiger partial charge in [-0.3, -0.25) is 14.8 Å². The molecule has 2 aromatic rings. The van der Waals surface area contributed by atoms with Crippen molar-refractivity contribution in [2.75, 3.05) is 20.2 Å². The van der Waals surface area contributed by atoms with Crippen LogP contribution in [-0.2, 0) is 6.54 Å². The predicted octanol–water partition coefficient (Wildman–Crippen LogP) is 2.65. The van der Waals surface area contributed by atoms with Crippen LogP contribution in [0.1, 0.15) is 28.9 Å². The number of aromatic nitrogens is 2. The predicted molar refractivity (Wildman–Crippen MR) is 83.9 cm³/mol. The van der Waals surface area contributed by atoms with Gasteiger partial charge in [-0.15, -0.1) is 0 Å². The number of methoxy groups -OCH3 is 1. The summed E-state index contributed by atoms with van der Waals surface area (Å²) < 4.78 is 18.7. The molecular formula is C17H20FN3O2. The maximum Gasteiger partial charge on any atom is 0.171 e. The minimum absolute atomic E-state index is 0.0457. The molecule has 3 rings (SSSR count). The summed E-state index contributed by atoms with van der Waals surface area (Å²) in [6.07, 6.45) is 3.49. The van der Waals surface area contributed by atoms with Crippen molar-refractivity contribution in [3.8, 4) is 5.75 Å². The van der Waals surface area contributed by atoms with Crippen LogP contribution < -0.4 is 4.74 Å². The molecule has 1 atom stereocenters. The Morgan fingerprint density at radius 1 is 1.48 bits per heavy atom. The molecule has 1 aromatic carbocycles. The Morgan fingerprint density at radius 3 is 3.09 bits per heavy atom. The number of H-pyrrole nitrogens is 1. The highest BCUT2D eigenvalue weighted by atomic mass is 19.1. The van der Waals surface area contributed by atoms with E-state index in [-0.39, 0.29) is 11.7 Å². The zero-order valence-electron chi connectivity index (χ0n) is 13.1. The van der Waals surface area contributed by atoms with E-state index < -0.39 is 5.82 Å². The second-order valence-corrected chi connectivity index (χ2v) is 5.87. The molecule has 0 radical (unpaired) electrons. The molecule has 5 nitrogen and oxygen atoms in total. The number of aromatic amines is 1. The van der Waals surface area contributed by atoms with Gasteiger partial charge in [-0.2, -0.15) is 5.10 Å². The van der Waals surface area contributed by atoms with E-state index in [1.165, 1.54) is 25.3 Å². The first kappa shape index (κ1) is 15.7. The van der Waals surface area contributed by atoms with Crippen LogP contribution >= 0.6 is 0 Å². The van der Waals surface area contributed by atoms with Crippen molar-refractivity contribution in [3.05, 3.63) is 47.5 Å². The molecule has 1 aromatic heterocycles. The molecule has 1 fully saturated rings. The summed E-state index contributed by atoms with van der Waals surface area (Å²) in [4.78, 5) is 15.0. The Bertz CT molecular complexity index is 672. The first-order valence-corrected chi connectivity index (χ1v) is 7.75. The summed E-state index contributed by atoms with van der Waals surface area (Å²) in [6, 6.07) is 6.02. The second kappa shape index (κ2) is 6.91. The first-order valence-electron chi connectivity index (χ1n) is 7.75. The van der Waals surface area contributed by atoms with Crippen molar-refractivity contribution in [2.45, 2.75) is 19.4 Å². The quantitative estimate of drug-likeness (QED) is 0.861. The minimum Gasteiger partial charge on any atom is -0.496 e. The number of carbonyl (C=O) groups is 1. The van der Waals surface area contributed by atoms with E-state index >= 15 is 0 Å². The van der Waals surface area contributed by atoms with Gasteiger partial charge < -0.3 is 4.74 Å². The third kappa shape index (κ3) is 3.59. The Kier molecular flexibility index (Phi) is 4.71. The van der Waals surface area contributed by atoms with Gasteiger partial charge in [0.25, 0.3) is 0 Å². The maximum atomic E-state index is 13.5. The molecule has 1 aliphatic rings. The van der Waals surface area contributed by atoms with Gasteiger partial charge in [-0.05, 0) is 43.7 Å². The summed E-state index contributed by atoms with van der Waals surface area (Å²) in [7, 11) is 1.50. The van der Waals surface area contributed by atoms with Gasteiger partial charge in [0.05, 0.1) is 12.7 Å². The minimum atomic E-state index is -0.417. The molecule has 1 aliphatic heterocycles. The van der Waals surface area contributed by atoms with Gasteiger partial charge in [0, 0.05) is 30.9 Å². The third-order valence-electron chi connectivity index (χ3n) is 4.26. The van der Waals surface area contributed by atoms with Crippen LogP contribution in [0.2, 0.25) is 0 Å². The number of ketones is 1. The molecular weight excluding hydrogens is 297 g/mol. The van der Waals surface area contributed by atoms with E-state index in [9.17, 15) is 9.18 Å². The van der Waals surface area contributed by atoms with Crippen molar-refractivity contribution in [3.63, 3.8) is 0 Å². The second-order valence-electron chi connectivity index (χ2n) is 5.87. The fraction of sp³-hybridized carbons (Fsp3) is 0.412. The van der Waals surface area contributed by atoms with Crippen LogP contribution in [0.4, 0.5) is 4.39 Å². The Hall–Kier alpha value is -2.21. The first-order chi connectivity index (χ1) is 11.2. The van der Waals surface area contributed by atoms with Gasteiger partial charge in [0.15, 0.2) is 5.78 Å². The van der Waals surface area contributed by atoms with Gasteiger partial charge >= 0.3 is 0 Å². The van der Waals surface area contributed by atoms with Gasteiger partial charge in [0.2, 0.25) is 0 Å². The average Bonchev–Trinajstić information content (AvgIpc) is 3.07. The number of piperidine rings is 1. The normalized spacial score (nSPS) is 18.8. The summed E-state index contributed by atoms with van der Waals surface area (Å²) in [5, 5.41) is 6.88. The zero-order chi connectivity index (χ0) is 16.2. The number of carbonyl (C=O) groups excluding carboxylic acids is 1. The number of likely N-dealkylation sites (tertiary alicyclic amines) is 1. The van der Waals surface area contributed by atoms with Crippen LogP contribution in [0.3, 0.4) is 0 Å². The fourth-order valence-electron chi connectivity index (χ4n) is 3.12. The molecule has 0 bridgehead atoms. The van der Waals surface area contributed by atoms with Crippen molar-refractivity contribution < 1.29 is 13.9 Å². The molecule has 6 heteroatoms. The van der Waals surface area contributed by atoms with Crippen LogP contribution in [0.5, 0.6) is 5.75 Å². The smallest absolute Gasteiger partial charge is 0.171 e.